The molecule has 2 fully saturated rings. The van der Waals surface area contributed by atoms with Crippen LogP contribution in [0.1, 0.15) is 97.2 Å². The summed E-state index contributed by atoms with van der Waals surface area (Å²) < 4.78 is 0. The van der Waals surface area contributed by atoms with Gasteiger partial charge >= 0.3 is 11.9 Å². The molecule has 264 valence electrons. The van der Waals surface area contributed by atoms with Gasteiger partial charge in [0.05, 0.1) is 34.9 Å². The van der Waals surface area contributed by atoms with Crippen molar-refractivity contribution in [2.24, 2.45) is 10.8 Å². The van der Waals surface area contributed by atoms with Crippen molar-refractivity contribution in [1.82, 2.24) is 4.98 Å². The third-order valence-electron chi connectivity index (χ3n) is 10.2. The summed E-state index contributed by atoms with van der Waals surface area (Å²) in [5.41, 5.74) is 5.04. The van der Waals surface area contributed by atoms with Crippen molar-refractivity contribution in [2.75, 3.05) is 11.5 Å². The standard InChI is InChI=1S/C41H46ClNO5S2/c1-39(2,48)32-9-4-3-7-28(32)12-15-35(49-25-40(16-17-40)23-37(44)45)30-8-5-6-27(20-30)21-36(50-26-41(18-19-41)24-38(46)47)33-14-11-29-10-13-31(42)22-34(29)43-33/h3-11,13-14,20,22,35-36,48H,12,15-19,21,23-26H2,1-2H3,(H,44,45)(H,46,47)/t35-,36?/m1/s1. The van der Waals surface area contributed by atoms with Gasteiger partial charge in [-0.25, -0.2) is 0 Å². The van der Waals surface area contributed by atoms with E-state index in [4.69, 9.17) is 16.6 Å². The lowest BCUT2D eigenvalue weighted by Crippen LogP contribution is -2.18. The van der Waals surface area contributed by atoms with E-state index in [0.29, 0.717) is 5.02 Å². The number of thioether (sulfide) groups is 2. The Morgan fingerprint density at radius 1 is 0.840 bits per heavy atom. The van der Waals surface area contributed by atoms with E-state index in [2.05, 4.69) is 42.5 Å². The van der Waals surface area contributed by atoms with Crippen molar-refractivity contribution < 1.29 is 24.9 Å². The molecule has 9 heteroatoms. The smallest absolute Gasteiger partial charge is 0.303 e. The average molecular weight is 732 g/mol. The summed E-state index contributed by atoms with van der Waals surface area (Å²) in [4.78, 5) is 28.4. The molecular formula is C41H46ClNO5S2. The molecule has 3 aromatic carbocycles. The van der Waals surface area contributed by atoms with Gasteiger partial charge in [0.15, 0.2) is 0 Å². The number of benzene rings is 3. The molecule has 2 saturated carbocycles. The van der Waals surface area contributed by atoms with E-state index in [-0.39, 0.29) is 34.2 Å². The Hall–Kier alpha value is -3.04. The Labute approximate surface area is 308 Å². The number of nitrogens with zero attached hydrogens (tertiary/aromatic N) is 1. The topological polar surface area (TPSA) is 108 Å². The predicted octanol–water partition coefficient (Wildman–Crippen LogP) is 10.0. The Bertz CT molecular complexity index is 1850. The Morgan fingerprint density at radius 2 is 1.48 bits per heavy atom. The van der Waals surface area contributed by atoms with Gasteiger partial charge in [0.1, 0.15) is 0 Å². The highest BCUT2D eigenvalue weighted by molar-refractivity contribution is 7.99. The lowest BCUT2D eigenvalue weighted by molar-refractivity contribution is -0.139. The molecule has 0 spiro atoms. The minimum atomic E-state index is -0.947. The number of rotatable bonds is 18. The number of carbonyl (C=O) groups is 2. The first-order valence-electron chi connectivity index (χ1n) is 17.4. The molecule has 50 heavy (non-hydrogen) atoms. The van der Waals surface area contributed by atoms with Crippen LogP contribution in [0.4, 0.5) is 0 Å². The van der Waals surface area contributed by atoms with Crippen molar-refractivity contribution in [2.45, 2.75) is 87.7 Å². The molecule has 1 heterocycles. The fourth-order valence-electron chi connectivity index (χ4n) is 6.93. The molecule has 4 aromatic rings. The zero-order valence-electron chi connectivity index (χ0n) is 28.7. The molecule has 2 aliphatic carbocycles. The van der Waals surface area contributed by atoms with Crippen molar-refractivity contribution in [3.63, 3.8) is 0 Å². The van der Waals surface area contributed by atoms with Crippen LogP contribution in [-0.2, 0) is 28.0 Å². The number of aliphatic hydroxyl groups is 1. The van der Waals surface area contributed by atoms with Crippen molar-refractivity contribution in [3.8, 4) is 0 Å². The number of halogens is 1. The summed E-state index contributed by atoms with van der Waals surface area (Å²) in [7, 11) is 0. The second-order valence-corrected chi connectivity index (χ2v) is 17.8. The summed E-state index contributed by atoms with van der Waals surface area (Å²) in [5, 5.41) is 31.9. The fourth-order valence-corrected chi connectivity index (χ4v) is 10.2. The number of aromatic nitrogens is 1. The SMILES string of the molecule is CC(C)(O)c1ccccc1CC[C@@H](SCC1(CC(=O)O)CC1)c1cccc(CC(SCC2(CC(=O)O)CC2)c2ccc3ccc(Cl)cc3n2)c1. The Kier molecular flexibility index (Phi) is 11.2. The van der Waals surface area contributed by atoms with Gasteiger partial charge in [-0.15, -0.1) is 0 Å². The van der Waals surface area contributed by atoms with E-state index in [0.717, 1.165) is 84.2 Å². The third-order valence-corrected chi connectivity index (χ3v) is 13.8. The maximum absolute atomic E-state index is 11.7. The van der Waals surface area contributed by atoms with Gasteiger partial charge < -0.3 is 15.3 Å². The van der Waals surface area contributed by atoms with Gasteiger partial charge in [-0.1, -0.05) is 72.3 Å². The van der Waals surface area contributed by atoms with Crippen LogP contribution < -0.4 is 0 Å². The molecule has 0 amide bonds. The molecule has 6 nitrogen and oxygen atoms in total. The molecule has 2 atom stereocenters. The second-order valence-electron chi connectivity index (χ2n) is 15.0. The second kappa shape index (κ2) is 15.3. The number of carboxylic acids is 2. The summed E-state index contributed by atoms with van der Waals surface area (Å²) in [5.74, 6) is 0.0969. The van der Waals surface area contributed by atoms with Crippen LogP contribution in [0.3, 0.4) is 0 Å². The zero-order valence-corrected chi connectivity index (χ0v) is 31.1. The first-order chi connectivity index (χ1) is 23.8. The van der Waals surface area contributed by atoms with E-state index < -0.39 is 17.5 Å². The van der Waals surface area contributed by atoms with Crippen LogP contribution in [0.25, 0.3) is 10.9 Å². The van der Waals surface area contributed by atoms with Crippen molar-refractivity contribution >= 4 is 58.0 Å². The largest absolute Gasteiger partial charge is 0.481 e. The Balaban J connectivity index is 1.27. The summed E-state index contributed by atoms with van der Waals surface area (Å²) in [6, 6.07) is 26.8. The molecule has 0 bridgehead atoms. The van der Waals surface area contributed by atoms with E-state index in [1.807, 2.05) is 62.0 Å². The summed E-state index contributed by atoms with van der Waals surface area (Å²) in [6.07, 6.45) is 6.57. The number of fused-ring (bicyclic) bond motifs is 1. The molecule has 0 radical (unpaired) electrons. The molecule has 3 N–H and O–H groups in total. The van der Waals surface area contributed by atoms with Crippen LogP contribution in [0.15, 0.2) is 78.9 Å². The van der Waals surface area contributed by atoms with Crippen molar-refractivity contribution in [1.29, 1.82) is 0 Å². The first kappa shape index (κ1) is 36.7. The summed E-state index contributed by atoms with van der Waals surface area (Å²) in [6.45, 7) is 3.65. The number of carboxylic acid groups (broad SMARTS) is 2. The lowest BCUT2D eigenvalue weighted by Gasteiger charge is -2.25. The van der Waals surface area contributed by atoms with E-state index >= 15 is 0 Å². The highest BCUT2D eigenvalue weighted by atomic mass is 35.5. The highest BCUT2D eigenvalue weighted by Crippen LogP contribution is 2.54. The van der Waals surface area contributed by atoms with Gasteiger partial charge in [0, 0.05) is 27.2 Å². The van der Waals surface area contributed by atoms with Gasteiger partial charge in [-0.2, -0.15) is 23.5 Å². The van der Waals surface area contributed by atoms with Gasteiger partial charge in [0.2, 0.25) is 0 Å². The lowest BCUT2D eigenvalue weighted by atomic mass is 9.90. The van der Waals surface area contributed by atoms with E-state index in [1.54, 1.807) is 11.8 Å². The van der Waals surface area contributed by atoms with Crippen LogP contribution in [0, 0.1) is 10.8 Å². The quantitative estimate of drug-likeness (QED) is 0.0928. The minimum absolute atomic E-state index is 0.0231. The average Bonchev–Trinajstić information content (AvgIpc) is 4.00. The van der Waals surface area contributed by atoms with Gasteiger partial charge in [-0.05, 0) is 110 Å². The van der Waals surface area contributed by atoms with E-state index in [1.165, 1.54) is 11.1 Å². The summed E-state index contributed by atoms with van der Waals surface area (Å²) >= 11 is 10.0. The zero-order chi connectivity index (χ0) is 35.5. The molecule has 2 aliphatic rings. The third kappa shape index (κ3) is 9.64. The number of hydrogen-bond donors (Lipinski definition) is 3. The maximum Gasteiger partial charge on any atom is 0.303 e. The first-order valence-corrected chi connectivity index (χ1v) is 19.9. The molecule has 0 saturated heterocycles. The monoisotopic (exact) mass is 731 g/mol. The van der Waals surface area contributed by atoms with Gasteiger partial charge in [0.25, 0.3) is 0 Å². The highest BCUT2D eigenvalue weighted by Gasteiger charge is 2.45. The van der Waals surface area contributed by atoms with E-state index in [9.17, 15) is 24.9 Å². The molecular weight excluding hydrogens is 686 g/mol. The molecule has 6 rings (SSSR count). The van der Waals surface area contributed by atoms with Crippen LogP contribution >= 0.6 is 35.1 Å². The molecule has 1 unspecified atom stereocenters. The van der Waals surface area contributed by atoms with Crippen LogP contribution in [0.2, 0.25) is 5.02 Å². The number of aliphatic carboxylic acids is 2. The maximum atomic E-state index is 11.7. The van der Waals surface area contributed by atoms with Crippen LogP contribution in [0.5, 0.6) is 0 Å². The number of aryl methyl sites for hydroxylation is 1. The molecule has 0 aliphatic heterocycles. The minimum Gasteiger partial charge on any atom is -0.481 e. The number of hydrogen-bond acceptors (Lipinski definition) is 6. The molecule has 1 aromatic heterocycles. The Morgan fingerprint density at radius 3 is 2.12 bits per heavy atom. The fraction of sp³-hybridized carbons (Fsp3) is 0.439. The number of pyridine rings is 1. The van der Waals surface area contributed by atoms with Gasteiger partial charge in [-0.3, -0.25) is 14.6 Å². The predicted molar refractivity (Wildman–Crippen MR) is 205 cm³/mol. The normalized spacial score (nSPS) is 17.3. The van der Waals surface area contributed by atoms with Crippen LogP contribution in [-0.4, -0.2) is 43.7 Å². The van der Waals surface area contributed by atoms with Crippen molar-refractivity contribution in [3.05, 3.63) is 112 Å².